The van der Waals surface area contributed by atoms with Gasteiger partial charge >= 0.3 is 0 Å². The lowest BCUT2D eigenvalue weighted by atomic mass is 10.2. The van der Waals surface area contributed by atoms with Gasteiger partial charge in [-0.1, -0.05) is 11.6 Å². The van der Waals surface area contributed by atoms with Crippen molar-refractivity contribution in [3.63, 3.8) is 0 Å². The van der Waals surface area contributed by atoms with E-state index in [1.54, 1.807) is 6.07 Å². The molecule has 1 heterocycles. The van der Waals surface area contributed by atoms with Gasteiger partial charge in [-0.2, -0.15) is 5.26 Å². The van der Waals surface area contributed by atoms with Gasteiger partial charge in [0.05, 0.1) is 11.3 Å². The molecule has 0 bridgehead atoms. The van der Waals surface area contributed by atoms with E-state index in [1.165, 1.54) is 0 Å². The van der Waals surface area contributed by atoms with Crippen molar-refractivity contribution in [2.75, 3.05) is 0 Å². The van der Waals surface area contributed by atoms with Gasteiger partial charge in [0, 0.05) is 5.92 Å². The van der Waals surface area contributed by atoms with E-state index in [9.17, 15) is 4.39 Å². The average Bonchev–Trinajstić information content (AvgIpc) is 2.91. The zero-order valence-electron chi connectivity index (χ0n) is 6.72. The molecule has 2 nitrogen and oxygen atoms in total. The van der Waals surface area contributed by atoms with Crippen molar-refractivity contribution in [3.05, 3.63) is 28.3 Å². The molecule has 1 fully saturated rings. The van der Waals surface area contributed by atoms with Crippen molar-refractivity contribution in [1.29, 1.82) is 5.26 Å². The number of pyridine rings is 1. The van der Waals surface area contributed by atoms with E-state index in [1.807, 2.05) is 0 Å². The van der Waals surface area contributed by atoms with Crippen LogP contribution in [0.2, 0.25) is 5.15 Å². The minimum Gasteiger partial charge on any atom is -0.236 e. The Morgan fingerprint density at radius 3 is 2.85 bits per heavy atom. The summed E-state index contributed by atoms with van der Waals surface area (Å²) in [6.07, 6.45) is 1.93. The van der Waals surface area contributed by atoms with Crippen LogP contribution in [0.15, 0.2) is 6.07 Å². The number of nitriles is 1. The predicted octanol–water partition coefficient (Wildman–Crippen LogP) is 2.62. The molecule has 0 aliphatic heterocycles. The number of nitrogens with zero attached hydrogens (tertiary/aromatic N) is 2. The fourth-order valence-electron chi connectivity index (χ4n) is 1.20. The Labute approximate surface area is 80.0 Å². The Kier molecular flexibility index (Phi) is 1.93. The van der Waals surface area contributed by atoms with Crippen molar-refractivity contribution < 1.29 is 4.39 Å². The predicted molar refractivity (Wildman–Crippen MR) is 45.9 cm³/mol. The summed E-state index contributed by atoms with van der Waals surface area (Å²) in [7, 11) is 0. The molecule has 0 saturated heterocycles. The van der Waals surface area contributed by atoms with Crippen LogP contribution in [-0.4, -0.2) is 4.98 Å². The zero-order chi connectivity index (χ0) is 9.42. The molecule has 1 aliphatic rings. The van der Waals surface area contributed by atoms with Crippen molar-refractivity contribution in [2.45, 2.75) is 18.8 Å². The Bertz CT molecular complexity index is 393. The van der Waals surface area contributed by atoms with E-state index < -0.39 is 5.82 Å². The first-order valence-electron chi connectivity index (χ1n) is 3.98. The molecule has 1 aromatic heterocycles. The lowest BCUT2D eigenvalue weighted by Gasteiger charge is -2.01. The molecule has 0 spiro atoms. The largest absolute Gasteiger partial charge is 0.236 e. The van der Waals surface area contributed by atoms with E-state index in [0.29, 0.717) is 5.69 Å². The summed E-state index contributed by atoms with van der Waals surface area (Å²) in [5, 5.41) is 8.65. The van der Waals surface area contributed by atoms with Gasteiger partial charge in [0.2, 0.25) is 0 Å². The molecule has 2 rings (SSSR count). The molecule has 66 valence electrons. The number of rotatable bonds is 1. The fraction of sp³-hybridized carbons (Fsp3) is 0.333. The van der Waals surface area contributed by atoms with Gasteiger partial charge in [-0.25, -0.2) is 9.37 Å². The van der Waals surface area contributed by atoms with Gasteiger partial charge in [0.15, 0.2) is 0 Å². The van der Waals surface area contributed by atoms with Crippen LogP contribution in [0.25, 0.3) is 0 Å². The summed E-state index contributed by atoms with van der Waals surface area (Å²) < 4.78 is 13.2. The Morgan fingerprint density at radius 2 is 2.31 bits per heavy atom. The summed E-state index contributed by atoms with van der Waals surface area (Å²) in [6.45, 7) is 0. The topological polar surface area (TPSA) is 36.7 Å². The van der Waals surface area contributed by atoms with Gasteiger partial charge in [0.1, 0.15) is 17.0 Å². The van der Waals surface area contributed by atoms with Crippen molar-refractivity contribution in [2.24, 2.45) is 0 Å². The van der Waals surface area contributed by atoms with Crippen LogP contribution in [0.3, 0.4) is 0 Å². The standard InChI is InChI=1S/C9H6ClFN2/c10-9-6(4-12)3-7(11)8(13-9)5-1-2-5/h3,5H,1-2H2. The fourth-order valence-corrected chi connectivity index (χ4v) is 1.39. The van der Waals surface area contributed by atoms with Crippen molar-refractivity contribution in [3.8, 4) is 6.07 Å². The van der Waals surface area contributed by atoms with E-state index in [4.69, 9.17) is 16.9 Å². The molecule has 0 radical (unpaired) electrons. The molecular weight excluding hydrogens is 191 g/mol. The maximum absolute atomic E-state index is 13.2. The first-order valence-corrected chi connectivity index (χ1v) is 4.36. The monoisotopic (exact) mass is 196 g/mol. The molecule has 0 amide bonds. The molecule has 4 heteroatoms. The molecule has 0 unspecified atom stereocenters. The third-order valence-corrected chi connectivity index (χ3v) is 2.33. The van der Waals surface area contributed by atoms with Crippen LogP contribution >= 0.6 is 11.6 Å². The first-order chi connectivity index (χ1) is 6.22. The first kappa shape index (κ1) is 8.46. The molecule has 1 aliphatic carbocycles. The molecular formula is C9H6ClFN2. The summed E-state index contributed by atoms with van der Waals surface area (Å²) >= 11 is 5.67. The SMILES string of the molecule is N#Cc1cc(F)c(C2CC2)nc1Cl. The van der Waals surface area contributed by atoms with Crippen molar-refractivity contribution in [1.82, 2.24) is 4.98 Å². The Hall–Kier alpha value is -1.14. The third kappa shape index (κ3) is 1.50. The second-order valence-electron chi connectivity index (χ2n) is 3.08. The summed E-state index contributed by atoms with van der Waals surface area (Å²) in [4.78, 5) is 3.87. The lowest BCUT2D eigenvalue weighted by Crippen LogP contribution is -1.95. The van der Waals surface area contributed by atoms with Gasteiger partial charge < -0.3 is 0 Å². The highest BCUT2D eigenvalue weighted by molar-refractivity contribution is 6.30. The maximum atomic E-state index is 13.2. The van der Waals surface area contributed by atoms with Crippen LogP contribution in [0, 0.1) is 17.1 Å². The molecule has 1 aromatic rings. The normalized spacial score (nSPS) is 15.5. The lowest BCUT2D eigenvalue weighted by molar-refractivity contribution is 0.599. The van der Waals surface area contributed by atoms with E-state index in [0.717, 1.165) is 18.9 Å². The van der Waals surface area contributed by atoms with E-state index in [2.05, 4.69) is 4.98 Å². The second-order valence-corrected chi connectivity index (χ2v) is 3.44. The van der Waals surface area contributed by atoms with Crippen LogP contribution in [-0.2, 0) is 0 Å². The zero-order valence-corrected chi connectivity index (χ0v) is 7.48. The number of aromatic nitrogens is 1. The van der Waals surface area contributed by atoms with Crippen LogP contribution < -0.4 is 0 Å². The van der Waals surface area contributed by atoms with Crippen LogP contribution in [0.1, 0.15) is 30.0 Å². The van der Waals surface area contributed by atoms with Gasteiger partial charge in [0.25, 0.3) is 0 Å². The highest BCUT2D eigenvalue weighted by atomic mass is 35.5. The number of hydrogen-bond donors (Lipinski definition) is 0. The Morgan fingerprint density at radius 1 is 1.62 bits per heavy atom. The molecule has 1 saturated carbocycles. The quantitative estimate of drug-likeness (QED) is 0.648. The minimum atomic E-state index is -0.413. The highest BCUT2D eigenvalue weighted by Gasteiger charge is 2.28. The van der Waals surface area contributed by atoms with Gasteiger partial charge in [-0.3, -0.25) is 0 Å². The van der Waals surface area contributed by atoms with Crippen LogP contribution in [0.5, 0.6) is 0 Å². The molecule has 0 aromatic carbocycles. The summed E-state index contributed by atoms with van der Waals surface area (Å²) in [5.41, 5.74) is 0.507. The summed E-state index contributed by atoms with van der Waals surface area (Å²) in [6, 6.07) is 2.94. The minimum absolute atomic E-state index is 0.101. The molecule has 0 atom stereocenters. The third-order valence-electron chi connectivity index (χ3n) is 2.04. The highest BCUT2D eigenvalue weighted by Crippen LogP contribution is 2.40. The molecule has 0 N–H and O–H groups in total. The van der Waals surface area contributed by atoms with Crippen LogP contribution in [0.4, 0.5) is 4.39 Å². The van der Waals surface area contributed by atoms with Gasteiger partial charge in [-0.15, -0.1) is 0 Å². The average molecular weight is 197 g/mol. The summed E-state index contributed by atoms with van der Waals surface area (Å²) in [5.74, 6) is -0.200. The number of hydrogen-bond acceptors (Lipinski definition) is 2. The second kappa shape index (κ2) is 2.97. The van der Waals surface area contributed by atoms with E-state index in [-0.39, 0.29) is 16.6 Å². The Balaban J connectivity index is 2.50. The molecule has 13 heavy (non-hydrogen) atoms. The van der Waals surface area contributed by atoms with Gasteiger partial charge in [-0.05, 0) is 18.9 Å². The smallest absolute Gasteiger partial charge is 0.147 e. The van der Waals surface area contributed by atoms with E-state index >= 15 is 0 Å². The number of halogens is 2. The van der Waals surface area contributed by atoms with Crippen molar-refractivity contribution >= 4 is 11.6 Å². The maximum Gasteiger partial charge on any atom is 0.147 e.